The first kappa shape index (κ1) is 17.3. The van der Waals surface area contributed by atoms with E-state index >= 15 is 0 Å². The predicted molar refractivity (Wildman–Crippen MR) is 106 cm³/mol. The highest BCUT2D eigenvalue weighted by Crippen LogP contribution is 2.32. The molecule has 1 atom stereocenters. The maximum Gasteiger partial charge on any atom is 0.185 e. The second kappa shape index (κ2) is 7.23. The van der Waals surface area contributed by atoms with Gasteiger partial charge in [-0.25, -0.2) is 9.97 Å². The lowest BCUT2D eigenvalue weighted by molar-refractivity contribution is 0.418. The normalized spacial score (nSPS) is 16.2. The number of rotatable bonds is 5. The fourth-order valence-electron chi connectivity index (χ4n) is 3.74. The number of thiazole rings is 1. The van der Waals surface area contributed by atoms with Crippen molar-refractivity contribution in [1.82, 2.24) is 24.3 Å². The molecule has 0 N–H and O–H groups in total. The number of piperidine rings is 1. The number of imidazole rings is 1. The quantitative estimate of drug-likeness (QED) is 0.679. The Morgan fingerprint density at radius 1 is 1.15 bits per heavy atom. The van der Waals surface area contributed by atoms with Gasteiger partial charge in [0.15, 0.2) is 5.13 Å². The molecule has 0 aromatic carbocycles. The van der Waals surface area contributed by atoms with Crippen molar-refractivity contribution in [2.45, 2.75) is 52.6 Å². The summed E-state index contributed by atoms with van der Waals surface area (Å²) in [5.41, 5.74) is 3.40. The monoisotopic (exact) mass is 370 g/mol. The Kier molecular flexibility index (Phi) is 4.80. The number of aromatic nitrogens is 5. The molecule has 7 heteroatoms. The number of hydrogen-bond acceptors (Lipinski definition) is 5. The van der Waals surface area contributed by atoms with Crippen molar-refractivity contribution in [2.24, 2.45) is 0 Å². The Balaban J connectivity index is 1.53. The minimum Gasteiger partial charge on any atom is -0.348 e. The molecule has 4 rings (SSSR count). The number of nitrogens with zero attached hydrogens (tertiary/aromatic N) is 6. The number of anilines is 1. The maximum absolute atomic E-state index is 4.68. The van der Waals surface area contributed by atoms with Gasteiger partial charge in [-0.1, -0.05) is 11.3 Å². The third-order valence-corrected chi connectivity index (χ3v) is 6.09. The third-order valence-electron chi connectivity index (χ3n) is 5.01. The van der Waals surface area contributed by atoms with Crippen molar-refractivity contribution < 1.29 is 0 Å². The number of aryl methyl sites for hydroxylation is 2. The fraction of sp³-hybridized carbons (Fsp3) is 0.526. The molecule has 0 radical (unpaired) electrons. The third kappa shape index (κ3) is 3.40. The lowest BCUT2D eigenvalue weighted by Crippen LogP contribution is -2.29. The van der Waals surface area contributed by atoms with Gasteiger partial charge in [-0.05, 0) is 46.1 Å². The van der Waals surface area contributed by atoms with Crippen LogP contribution in [0.2, 0.25) is 0 Å². The van der Waals surface area contributed by atoms with E-state index in [0.29, 0.717) is 0 Å². The van der Waals surface area contributed by atoms with E-state index in [2.05, 4.69) is 49.1 Å². The summed E-state index contributed by atoms with van der Waals surface area (Å²) < 4.78 is 4.32. The van der Waals surface area contributed by atoms with E-state index in [1.54, 1.807) is 11.3 Å². The van der Waals surface area contributed by atoms with Gasteiger partial charge in [0, 0.05) is 31.5 Å². The Morgan fingerprint density at radius 3 is 2.69 bits per heavy atom. The maximum atomic E-state index is 4.68. The van der Waals surface area contributed by atoms with E-state index in [1.165, 1.54) is 29.8 Å². The lowest BCUT2D eigenvalue weighted by Gasteiger charge is -2.25. The van der Waals surface area contributed by atoms with E-state index in [-0.39, 0.29) is 6.04 Å². The molecule has 138 valence electrons. The zero-order valence-electron chi connectivity index (χ0n) is 15.7. The molecule has 0 bridgehead atoms. The summed E-state index contributed by atoms with van der Waals surface area (Å²) >= 11 is 1.77. The molecular weight excluding hydrogens is 344 g/mol. The van der Waals surface area contributed by atoms with Gasteiger partial charge in [-0.3, -0.25) is 4.68 Å². The summed E-state index contributed by atoms with van der Waals surface area (Å²) in [5, 5.41) is 5.76. The average molecular weight is 371 g/mol. The van der Waals surface area contributed by atoms with Crippen LogP contribution in [-0.2, 0) is 6.54 Å². The summed E-state index contributed by atoms with van der Waals surface area (Å²) in [5.74, 6) is 0. The van der Waals surface area contributed by atoms with E-state index in [1.807, 2.05) is 25.6 Å². The minimum absolute atomic E-state index is 0.270. The summed E-state index contributed by atoms with van der Waals surface area (Å²) in [6.07, 6.45) is 9.74. The van der Waals surface area contributed by atoms with E-state index in [4.69, 9.17) is 0 Å². The fourth-order valence-corrected chi connectivity index (χ4v) is 4.73. The molecule has 0 unspecified atom stereocenters. The molecule has 0 spiro atoms. The molecule has 1 saturated heterocycles. The summed E-state index contributed by atoms with van der Waals surface area (Å²) in [6.45, 7) is 9.45. The SMILES string of the molecule is Cc1cc(C)n([C@@H](C)Cn2cncc2-c2cnc(N3CCCCC3)s2)n1. The molecule has 0 aliphatic carbocycles. The topological polar surface area (TPSA) is 51.8 Å². The van der Waals surface area contributed by atoms with Gasteiger partial charge in [-0.2, -0.15) is 5.10 Å². The molecule has 1 aliphatic rings. The molecule has 3 aromatic heterocycles. The lowest BCUT2D eigenvalue weighted by atomic mass is 10.1. The summed E-state index contributed by atoms with van der Waals surface area (Å²) in [7, 11) is 0. The first-order valence-corrected chi connectivity index (χ1v) is 10.2. The van der Waals surface area contributed by atoms with Crippen LogP contribution < -0.4 is 4.90 Å². The molecule has 4 heterocycles. The Labute approximate surface area is 158 Å². The second-order valence-corrected chi connectivity index (χ2v) is 8.22. The Hall–Kier alpha value is -2.15. The molecule has 3 aromatic rings. The van der Waals surface area contributed by atoms with Crippen LogP contribution in [0.1, 0.15) is 43.6 Å². The minimum atomic E-state index is 0.270. The smallest absolute Gasteiger partial charge is 0.185 e. The van der Waals surface area contributed by atoms with Crippen molar-refractivity contribution in [1.29, 1.82) is 0 Å². The molecule has 26 heavy (non-hydrogen) atoms. The molecule has 0 saturated carbocycles. The standard InChI is InChI=1S/C19H26N6S/c1-14-9-15(2)25(22-14)16(3)12-24-13-20-10-17(24)18-11-21-19(26-18)23-7-5-4-6-8-23/h9-11,13,16H,4-8,12H2,1-3H3/t16-/m0/s1. The molecule has 1 aliphatic heterocycles. The summed E-state index contributed by atoms with van der Waals surface area (Å²) in [4.78, 5) is 12.7. The van der Waals surface area contributed by atoms with E-state index < -0.39 is 0 Å². The van der Waals surface area contributed by atoms with Crippen LogP contribution in [0, 0.1) is 13.8 Å². The highest BCUT2D eigenvalue weighted by Gasteiger charge is 2.18. The van der Waals surface area contributed by atoms with Crippen molar-refractivity contribution in [3.05, 3.63) is 36.2 Å². The van der Waals surface area contributed by atoms with Gasteiger partial charge in [0.2, 0.25) is 0 Å². The first-order chi connectivity index (χ1) is 12.6. The van der Waals surface area contributed by atoms with Crippen LogP contribution in [0.25, 0.3) is 10.6 Å². The van der Waals surface area contributed by atoms with Crippen LogP contribution in [0.4, 0.5) is 5.13 Å². The van der Waals surface area contributed by atoms with Gasteiger partial charge in [-0.15, -0.1) is 0 Å². The summed E-state index contributed by atoms with van der Waals surface area (Å²) in [6, 6.07) is 2.39. The van der Waals surface area contributed by atoms with Gasteiger partial charge >= 0.3 is 0 Å². The Morgan fingerprint density at radius 2 is 1.96 bits per heavy atom. The van der Waals surface area contributed by atoms with E-state index in [0.717, 1.165) is 36.2 Å². The predicted octanol–water partition coefficient (Wildman–Crippen LogP) is 4.07. The van der Waals surface area contributed by atoms with Crippen LogP contribution in [0.15, 0.2) is 24.8 Å². The van der Waals surface area contributed by atoms with Gasteiger partial charge < -0.3 is 9.47 Å². The average Bonchev–Trinajstić information content (AvgIpc) is 3.35. The molecule has 6 nitrogen and oxygen atoms in total. The Bertz CT molecular complexity index is 870. The zero-order chi connectivity index (χ0) is 18.1. The van der Waals surface area contributed by atoms with E-state index in [9.17, 15) is 0 Å². The highest BCUT2D eigenvalue weighted by atomic mass is 32.1. The van der Waals surface area contributed by atoms with Crippen LogP contribution in [-0.4, -0.2) is 37.4 Å². The van der Waals surface area contributed by atoms with Crippen molar-refractivity contribution in [3.8, 4) is 10.6 Å². The highest BCUT2D eigenvalue weighted by molar-refractivity contribution is 7.18. The van der Waals surface area contributed by atoms with Gasteiger partial charge in [0.05, 0.1) is 34.8 Å². The van der Waals surface area contributed by atoms with Crippen LogP contribution >= 0.6 is 11.3 Å². The zero-order valence-corrected chi connectivity index (χ0v) is 16.5. The molecule has 1 fully saturated rings. The van der Waals surface area contributed by atoms with Gasteiger partial charge in [0.25, 0.3) is 0 Å². The molecular formula is C19H26N6S. The number of hydrogen-bond donors (Lipinski definition) is 0. The van der Waals surface area contributed by atoms with Gasteiger partial charge in [0.1, 0.15) is 0 Å². The van der Waals surface area contributed by atoms with Crippen molar-refractivity contribution >= 4 is 16.5 Å². The van der Waals surface area contributed by atoms with Crippen LogP contribution in [0.3, 0.4) is 0 Å². The second-order valence-electron chi connectivity index (χ2n) is 7.21. The first-order valence-electron chi connectivity index (χ1n) is 9.36. The van der Waals surface area contributed by atoms with Crippen LogP contribution in [0.5, 0.6) is 0 Å². The molecule has 0 amide bonds. The largest absolute Gasteiger partial charge is 0.348 e. The van der Waals surface area contributed by atoms with Crippen molar-refractivity contribution in [3.63, 3.8) is 0 Å². The van der Waals surface area contributed by atoms with Crippen molar-refractivity contribution in [2.75, 3.05) is 18.0 Å².